The molecule has 0 amide bonds. The monoisotopic (exact) mass is 389 g/mol. The molecule has 3 heteroatoms. The molecule has 0 aliphatic carbocycles. The molecule has 0 aliphatic rings. The van der Waals surface area contributed by atoms with E-state index >= 15 is 0 Å². The van der Waals surface area contributed by atoms with Crippen molar-refractivity contribution in [2.75, 3.05) is 11.9 Å². The lowest BCUT2D eigenvalue weighted by Gasteiger charge is -2.09. The van der Waals surface area contributed by atoms with Crippen LogP contribution in [-0.4, -0.2) is 17.6 Å². The molecule has 0 bridgehead atoms. The van der Waals surface area contributed by atoms with Crippen LogP contribution < -0.4 is 5.32 Å². The fourth-order valence-corrected chi connectivity index (χ4v) is 3.67. The standard InChI is InChI=1S/C25H43NO2/c1-22(2)18-14-12-10-8-6-4-3-5-7-9-11-13-17-21-26-24-20-16-15-19-23(24)25(27)28/h15-16,19-20,22,26H,3-14,17-18,21H2,1-2H3,(H,27,28). The number of aromatic carboxylic acids is 1. The first-order chi connectivity index (χ1) is 13.6. The van der Waals surface area contributed by atoms with E-state index in [2.05, 4.69) is 19.2 Å². The van der Waals surface area contributed by atoms with E-state index in [1.54, 1.807) is 12.1 Å². The van der Waals surface area contributed by atoms with Crippen LogP contribution in [0.2, 0.25) is 0 Å². The van der Waals surface area contributed by atoms with Crippen LogP contribution in [0.4, 0.5) is 5.69 Å². The lowest BCUT2D eigenvalue weighted by atomic mass is 10.0. The molecule has 0 aromatic heterocycles. The fourth-order valence-electron chi connectivity index (χ4n) is 3.67. The molecule has 3 nitrogen and oxygen atoms in total. The number of hydrogen-bond acceptors (Lipinski definition) is 2. The van der Waals surface area contributed by atoms with Gasteiger partial charge >= 0.3 is 5.97 Å². The van der Waals surface area contributed by atoms with Gasteiger partial charge < -0.3 is 10.4 Å². The number of carbonyl (C=O) groups is 1. The van der Waals surface area contributed by atoms with Gasteiger partial charge in [-0.05, 0) is 24.5 Å². The number of rotatable bonds is 18. The SMILES string of the molecule is CC(C)CCCCCCCCCCCCCCCNc1ccccc1C(=O)O. The number of para-hydroxylation sites is 1. The molecular weight excluding hydrogens is 346 g/mol. The third kappa shape index (κ3) is 12.8. The number of hydrogen-bond donors (Lipinski definition) is 2. The molecule has 1 rings (SSSR count). The lowest BCUT2D eigenvalue weighted by Crippen LogP contribution is -2.07. The van der Waals surface area contributed by atoms with Crippen molar-refractivity contribution in [3.05, 3.63) is 29.8 Å². The van der Waals surface area contributed by atoms with Crippen molar-refractivity contribution in [1.82, 2.24) is 0 Å². The van der Waals surface area contributed by atoms with Crippen molar-refractivity contribution in [2.24, 2.45) is 5.92 Å². The number of carboxylic acids is 1. The number of anilines is 1. The molecule has 0 atom stereocenters. The highest BCUT2D eigenvalue weighted by molar-refractivity contribution is 5.94. The highest BCUT2D eigenvalue weighted by Gasteiger charge is 2.07. The quantitative estimate of drug-likeness (QED) is 0.251. The van der Waals surface area contributed by atoms with Crippen molar-refractivity contribution in [3.8, 4) is 0 Å². The second-order valence-corrected chi connectivity index (χ2v) is 8.56. The van der Waals surface area contributed by atoms with Gasteiger partial charge in [-0.2, -0.15) is 0 Å². The minimum absolute atomic E-state index is 0.359. The maximum Gasteiger partial charge on any atom is 0.337 e. The van der Waals surface area contributed by atoms with Crippen LogP contribution in [0.3, 0.4) is 0 Å². The van der Waals surface area contributed by atoms with Gasteiger partial charge in [0, 0.05) is 12.2 Å². The van der Waals surface area contributed by atoms with Crippen molar-refractivity contribution >= 4 is 11.7 Å². The zero-order valence-corrected chi connectivity index (χ0v) is 18.3. The zero-order valence-electron chi connectivity index (χ0n) is 18.3. The Balaban J connectivity index is 1.84. The van der Waals surface area contributed by atoms with Gasteiger partial charge in [-0.3, -0.25) is 0 Å². The van der Waals surface area contributed by atoms with E-state index in [0.717, 1.165) is 24.6 Å². The van der Waals surface area contributed by atoms with Crippen molar-refractivity contribution in [3.63, 3.8) is 0 Å². The van der Waals surface area contributed by atoms with Gasteiger partial charge in [0.2, 0.25) is 0 Å². The predicted molar refractivity (Wildman–Crippen MR) is 121 cm³/mol. The van der Waals surface area contributed by atoms with E-state index in [1.165, 1.54) is 83.5 Å². The summed E-state index contributed by atoms with van der Waals surface area (Å²) in [6, 6.07) is 7.14. The first-order valence-corrected chi connectivity index (χ1v) is 11.7. The van der Waals surface area contributed by atoms with E-state index in [0.29, 0.717) is 5.56 Å². The van der Waals surface area contributed by atoms with Crippen molar-refractivity contribution < 1.29 is 9.90 Å². The Hall–Kier alpha value is -1.51. The van der Waals surface area contributed by atoms with Crippen LogP contribution in [0.15, 0.2) is 24.3 Å². The average molecular weight is 390 g/mol. The molecule has 0 heterocycles. The summed E-state index contributed by atoms with van der Waals surface area (Å²) in [5, 5.41) is 12.4. The van der Waals surface area contributed by atoms with Gasteiger partial charge in [0.15, 0.2) is 0 Å². The highest BCUT2D eigenvalue weighted by Crippen LogP contribution is 2.16. The predicted octanol–water partition coefficient (Wildman–Crippen LogP) is 7.91. The summed E-state index contributed by atoms with van der Waals surface area (Å²) >= 11 is 0. The van der Waals surface area contributed by atoms with Gasteiger partial charge in [-0.25, -0.2) is 4.79 Å². The Kier molecular flexibility index (Phi) is 14.4. The molecular formula is C25H43NO2. The summed E-state index contributed by atoms with van der Waals surface area (Å²) in [4.78, 5) is 11.2. The van der Waals surface area contributed by atoms with Gasteiger partial charge in [0.1, 0.15) is 0 Å². The molecule has 0 spiro atoms. The molecule has 0 saturated carbocycles. The molecule has 0 aliphatic heterocycles. The largest absolute Gasteiger partial charge is 0.478 e. The molecule has 0 saturated heterocycles. The minimum atomic E-state index is -0.866. The molecule has 1 aromatic carbocycles. The summed E-state index contributed by atoms with van der Waals surface area (Å²) < 4.78 is 0. The fraction of sp³-hybridized carbons (Fsp3) is 0.720. The maximum atomic E-state index is 11.2. The van der Waals surface area contributed by atoms with Crippen LogP contribution in [-0.2, 0) is 0 Å². The van der Waals surface area contributed by atoms with E-state index in [9.17, 15) is 4.79 Å². The molecule has 28 heavy (non-hydrogen) atoms. The molecule has 2 N–H and O–H groups in total. The smallest absolute Gasteiger partial charge is 0.337 e. The number of benzene rings is 1. The normalized spacial score (nSPS) is 11.1. The Morgan fingerprint density at radius 2 is 1.25 bits per heavy atom. The average Bonchev–Trinajstić information content (AvgIpc) is 2.67. The van der Waals surface area contributed by atoms with Crippen LogP contribution >= 0.6 is 0 Å². The Labute approximate surface area is 173 Å². The van der Waals surface area contributed by atoms with Crippen molar-refractivity contribution in [2.45, 2.75) is 104 Å². The Bertz CT molecular complexity index is 513. The first kappa shape index (κ1) is 24.5. The van der Waals surface area contributed by atoms with E-state index in [-0.39, 0.29) is 0 Å². The third-order valence-electron chi connectivity index (χ3n) is 5.43. The zero-order chi connectivity index (χ0) is 20.5. The third-order valence-corrected chi connectivity index (χ3v) is 5.43. The molecule has 0 fully saturated rings. The Morgan fingerprint density at radius 1 is 0.786 bits per heavy atom. The van der Waals surface area contributed by atoms with Gasteiger partial charge in [-0.1, -0.05) is 109 Å². The van der Waals surface area contributed by atoms with Crippen LogP contribution in [0.5, 0.6) is 0 Å². The highest BCUT2D eigenvalue weighted by atomic mass is 16.4. The van der Waals surface area contributed by atoms with E-state index < -0.39 is 5.97 Å². The topological polar surface area (TPSA) is 49.3 Å². The number of nitrogens with one attached hydrogen (secondary N) is 1. The van der Waals surface area contributed by atoms with Gasteiger partial charge in [0.25, 0.3) is 0 Å². The lowest BCUT2D eigenvalue weighted by molar-refractivity contribution is 0.0698. The summed E-state index contributed by atoms with van der Waals surface area (Å²) in [5.74, 6) is -0.000794. The van der Waals surface area contributed by atoms with Crippen LogP contribution in [0.25, 0.3) is 0 Å². The molecule has 1 aromatic rings. The Morgan fingerprint density at radius 3 is 1.75 bits per heavy atom. The number of carboxylic acid groups (broad SMARTS) is 1. The van der Waals surface area contributed by atoms with E-state index in [4.69, 9.17) is 5.11 Å². The van der Waals surface area contributed by atoms with Gasteiger partial charge in [0.05, 0.1) is 5.56 Å². The summed E-state index contributed by atoms with van der Waals surface area (Å²) in [6.07, 6.45) is 19.0. The summed E-state index contributed by atoms with van der Waals surface area (Å²) in [5.41, 5.74) is 1.09. The number of unbranched alkanes of at least 4 members (excludes halogenated alkanes) is 12. The first-order valence-electron chi connectivity index (χ1n) is 11.7. The second-order valence-electron chi connectivity index (χ2n) is 8.56. The molecule has 0 unspecified atom stereocenters. The summed E-state index contributed by atoms with van der Waals surface area (Å²) in [6.45, 7) is 5.48. The summed E-state index contributed by atoms with van der Waals surface area (Å²) in [7, 11) is 0. The van der Waals surface area contributed by atoms with Crippen molar-refractivity contribution in [1.29, 1.82) is 0 Å². The maximum absolute atomic E-state index is 11.2. The van der Waals surface area contributed by atoms with Gasteiger partial charge in [-0.15, -0.1) is 0 Å². The molecule has 160 valence electrons. The molecule has 0 radical (unpaired) electrons. The van der Waals surface area contributed by atoms with Crippen LogP contribution in [0, 0.1) is 5.92 Å². The van der Waals surface area contributed by atoms with E-state index in [1.807, 2.05) is 12.1 Å². The second kappa shape index (κ2) is 16.4. The minimum Gasteiger partial charge on any atom is -0.478 e. The van der Waals surface area contributed by atoms with Crippen LogP contribution in [0.1, 0.15) is 114 Å².